The highest BCUT2D eigenvalue weighted by atomic mass is 79.9. The normalized spacial score (nSPS) is 13.8. The number of benzene rings is 2. The van der Waals surface area contributed by atoms with Crippen LogP contribution in [0.5, 0.6) is 5.75 Å². The van der Waals surface area contributed by atoms with E-state index in [-0.39, 0.29) is 12.5 Å². The minimum absolute atomic E-state index is 0.0426. The zero-order valence-corrected chi connectivity index (χ0v) is 12.3. The Morgan fingerprint density at radius 3 is 2.85 bits per heavy atom. The average Bonchev–Trinajstić information content (AvgIpc) is 2.44. The van der Waals surface area contributed by atoms with Crippen LogP contribution in [0.3, 0.4) is 0 Å². The first-order chi connectivity index (χ1) is 9.65. The lowest BCUT2D eigenvalue weighted by molar-refractivity contribution is -0.121. The first-order valence-electron chi connectivity index (χ1n) is 6.21. The third-order valence-electron chi connectivity index (χ3n) is 3.21. The average molecular weight is 333 g/mol. The molecule has 2 aromatic rings. The Balaban J connectivity index is 1.97. The molecule has 4 nitrogen and oxygen atoms in total. The number of fused-ring (bicyclic) bond motifs is 1. The van der Waals surface area contributed by atoms with Crippen molar-refractivity contribution in [2.24, 2.45) is 0 Å². The predicted octanol–water partition coefficient (Wildman–Crippen LogP) is 2.96. The molecular weight excluding hydrogens is 320 g/mol. The van der Waals surface area contributed by atoms with Gasteiger partial charge in [0.15, 0.2) is 6.61 Å². The van der Waals surface area contributed by atoms with E-state index in [9.17, 15) is 4.79 Å². The molecule has 2 N–H and O–H groups in total. The quantitative estimate of drug-likeness (QED) is 0.860. The summed E-state index contributed by atoms with van der Waals surface area (Å²) >= 11 is 3.51. The van der Waals surface area contributed by atoms with Crippen LogP contribution in [-0.4, -0.2) is 12.5 Å². The van der Waals surface area contributed by atoms with Gasteiger partial charge in [-0.25, -0.2) is 0 Å². The van der Waals surface area contributed by atoms with E-state index < -0.39 is 0 Å². The number of nitrogens with two attached hydrogens (primary N) is 1. The molecule has 1 aliphatic rings. The second-order valence-electron chi connectivity index (χ2n) is 4.59. The molecule has 1 amide bonds. The van der Waals surface area contributed by atoms with Gasteiger partial charge in [0.1, 0.15) is 5.75 Å². The summed E-state index contributed by atoms with van der Waals surface area (Å²) in [4.78, 5) is 13.8. The van der Waals surface area contributed by atoms with Gasteiger partial charge in [-0.15, -0.1) is 0 Å². The Morgan fingerprint density at radius 1 is 1.25 bits per heavy atom. The summed E-state index contributed by atoms with van der Waals surface area (Å²) in [5, 5.41) is 0. The van der Waals surface area contributed by atoms with E-state index in [0.29, 0.717) is 18.0 Å². The SMILES string of the molecule is Nc1ccc2c(c1)OCC(=O)N2Cc1ccccc1Br. The summed E-state index contributed by atoms with van der Waals surface area (Å²) in [6.45, 7) is 0.543. The lowest BCUT2D eigenvalue weighted by atomic mass is 10.1. The Labute approximate surface area is 125 Å². The molecule has 3 rings (SSSR count). The van der Waals surface area contributed by atoms with Crippen molar-refractivity contribution in [2.45, 2.75) is 6.54 Å². The number of rotatable bonds is 2. The summed E-state index contributed by atoms with van der Waals surface area (Å²) in [7, 11) is 0. The zero-order chi connectivity index (χ0) is 14.1. The fourth-order valence-electron chi connectivity index (χ4n) is 2.19. The molecule has 0 saturated carbocycles. The van der Waals surface area contributed by atoms with Gasteiger partial charge in [-0.3, -0.25) is 4.79 Å². The molecule has 2 aromatic carbocycles. The second kappa shape index (κ2) is 5.17. The van der Waals surface area contributed by atoms with Crippen LogP contribution in [0.4, 0.5) is 11.4 Å². The molecule has 0 bridgehead atoms. The first kappa shape index (κ1) is 13.0. The number of anilines is 2. The predicted molar refractivity (Wildman–Crippen MR) is 81.7 cm³/mol. The van der Waals surface area contributed by atoms with Crippen molar-refractivity contribution < 1.29 is 9.53 Å². The maximum Gasteiger partial charge on any atom is 0.265 e. The van der Waals surface area contributed by atoms with Crippen molar-refractivity contribution in [3.05, 3.63) is 52.5 Å². The fourth-order valence-corrected chi connectivity index (χ4v) is 2.60. The van der Waals surface area contributed by atoms with E-state index in [4.69, 9.17) is 10.5 Å². The highest BCUT2D eigenvalue weighted by Gasteiger charge is 2.26. The summed E-state index contributed by atoms with van der Waals surface area (Å²) in [6.07, 6.45) is 0. The van der Waals surface area contributed by atoms with Gasteiger partial charge >= 0.3 is 0 Å². The number of nitrogens with zero attached hydrogens (tertiary/aromatic N) is 1. The van der Waals surface area contributed by atoms with Gasteiger partial charge in [0.05, 0.1) is 12.2 Å². The van der Waals surface area contributed by atoms with Crippen molar-refractivity contribution in [1.29, 1.82) is 0 Å². The van der Waals surface area contributed by atoms with E-state index in [1.165, 1.54) is 0 Å². The number of carbonyl (C=O) groups excluding carboxylic acids is 1. The molecule has 5 heteroatoms. The number of hydrogen-bond donors (Lipinski definition) is 1. The number of nitrogen functional groups attached to an aromatic ring is 1. The summed E-state index contributed by atoms with van der Waals surface area (Å²) in [6, 6.07) is 13.2. The third kappa shape index (κ3) is 2.36. The summed E-state index contributed by atoms with van der Waals surface area (Å²) in [5.74, 6) is 0.592. The largest absolute Gasteiger partial charge is 0.481 e. The Morgan fingerprint density at radius 2 is 2.05 bits per heavy atom. The smallest absolute Gasteiger partial charge is 0.265 e. The molecule has 0 atom stereocenters. The molecule has 0 aliphatic carbocycles. The zero-order valence-electron chi connectivity index (χ0n) is 10.7. The first-order valence-corrected chi connectivity index (χ1v) is 7.00. The van der Waals surface area contributed by atoms with Gasteiger partial charge in [-0.05, 0) is 23.8 Å². The van der Waals surface area contributed by atoms with Gasteiger partial charge in [0.25, 0.3) is 5.91 Å². The van der Waals surface area contributed by atoms with Crippen molar-refractivity contribution in [2.75, 3.05) is 17.2 Å². The molecule has 0 unspecified atom stereocenters. The van der Waals surface area contributed by atoms with Crippen molar-refractivity contribution >= 4 is 33.2 Å². The third-order valence-corrected chi connectivity index (χ3v) is 3.99. The molecule has 0 radical (unpaired) electrons. The molecule has 0 saturated heterocycles. The van der Waals surface area contributed by atoms with Crippen LogP contribution < -0.4 is 15.4 Å². The second-order valence-corrected chi connectivity index (χ2v) is 5.44. The van der Waals surface area contributed by atoms with Crippen molar-refractivity contribution in [3.8, 4) is 5.75 Å². The van der Waals surface area contributed by atoms with Gasteiger partial charge in [-0.2, -0.15) is 0 Å². The van der Waals surface area contributed by atoms with Crippen LogP contribution in [0.2, 0.25) is 0 Å². The van der Waals surface area contributed by atoms with E-state index in [1.807, 2.05) is 30.3 Å². The minimum Gasteiger partial charge on any atom is -0.481 e. The molecule has 0 spiro atoms. The topological polar surface area (TPSA) is 55.6 Å². The number of ether oxygens (including phenoxy) is 1. The number of amides is 1. The monoisotopic (exact) mass is 332 g/mol. The standard InChI is InChI=1S/C15H13BrN2O2/c16-12-4-2-1-3-10(12)8-18-13-6-5-11(17)7-14(13)20-9-15(18)19/h1-7H,8-9,17H2. The van der Waals surface area contributed by atoms with E-state index >= 15 is 0 Å². The van der Waals surface area contributed by atoms with Crippen LogP contribution in [0, 0.1) is 0 Å². The Bertz CT molecular complexity index is 673. The molecular formula is C15H13BrN2O2. The van der Waals surface area contributed by atoms with Gasteiger partial charge in [0, 0.05) is 16.2 Å². The summed E-state index contributed by atoms with van der Waals surface area (Å²) in [5.41, 5.74) is 8.17. The lowest BCUT2D eigenvalue weighted by Gasteiger charge is -2.29. The van der Waals surface area contributed by atoms with E-state index in [0.717, 1.165) is 15.7 Å². The van der Waals surface area contributed by atoms with E-state index in [2.05, 4.69) is 15.9 Å². The van der Waals surface area contributed by atoms with Crippen LogP contribution in [0.15, 0.2) is 46.9 Å². The Hall–Kier alpha value is -2.01. The molecule has 102 valence electrons. The Kier molecular flexibility index (Phi) is 3.36. The van der Waals surface area contributed by atoms with Crippen LogP contribution >= 0.6 is 15.9 Å². The fraction of sp³-hybridized carbons (Fsp3) is 0.133. The highest BCUT2D eigenvalue weighted by molar-refractivity contribution is 9.10. The van der Waals surface area contributed by atoms with E-state index in [1.54, 1.807) is 17.0 Å². The van der Waals surface area contributed by atoms with Gasteiger partial charge < -0.3 is 15.4 Å². The molecule has 1 aliphatic heterocycles. The number of carbonyl (C=O) groups is 1. The lowest BCUT2D eigenvalue weighted by Crippen LogP contribution is -2.38. The molecule has 1 heterocycles. The minimum atomic E-state index is -0.0574. The van der Waals surface area contributed by atoms with Crippen molar-refractivity contribution in [3.63, 3.8) is 0 Å². The summed E-state index contributed by atoms with van der Waals surface area (Å²) < 4.78 is 6.41. The number of halogens is 1. The maximum atomic E-state index is 12.1. The van der Waals surface area contributed by atoms with Gasteiger partial charge in [-0.1, -0.05) is 34.1 Å². The number of hydrogen-bond acceptors (Lipinski definition) is 3. The molecule has 0 fully saturated rings. The van der Waals surface area contributed by atoms with Crippen molar-refractivity contribution in [1.82, 2.24) is 0 Å². The van der Waals surface area contributed by atoms with Gasteiger partial charge in [0.2, 0.25) is 0 Å². The van der Waals surface area contributed by atoms with Crippen LogP contribution in [0.25, 0.3) is 0 Å². The van der Waals surface area contributed by atoms with Crippen LogP contribution in [0.1, 0.15) is 5.56 Å². The highest BCUT2D eigenvalue weighted by Crippen LogP contribution is 2.35. The molecule has 0 aromatic heterocycles. The molecule has 20 heavy (non-hydrogen) atoms. The van der Waals surface area contributed by atoms with Crippen LogP contribution in [-0.2, 0) is 11.3 Å². The maximum absolute atomic E-state index is 12.1.